The van der Waals surface area contributed by atoms with E-state index in [9.17, 15) is 0 Å². The van der Waals surface area contributed by atoms with E-state index in [0.29, 0.717) is 6.61 Å². The van der Waals surface area contributed by atoms with E-state index in [1.54, 1.807) is 0 Å². The Kier molecular flexibility index (Phi) is 21.6. The van der Waals surface area contributed by atoms with Gasteiger partial charge in [0.2, 0.25) is 0 Å². The average Bonchev–Trinajstić information content (AvgIpc) is 2.54. The number of aliphatic hydroxyl groups excluding tert-OH is 1. The number of hydrogen-bond donors (Lipinski definition) is 1. The smallest absolute Gasteiger partial charge is 0.0431 e. The minimum absolute atomic E-state index is 0.361. The molecule has 0 heterocycles. The van der Waals surface area contributed by atoms with Crippen molar-refractivity contribution in [3.63, 3.8) is 0 Å². The molecule has 0 atom stereocenters. The molecule has 0 rings (SSSR count). The Morgan fingerprint density at radius 2 is 0.864 bits per heavy atom. The van der Waals surface area contributed by atoms with E-state index >= 15 is 0 Å². The topological polar surface area (TPSA) is 20.2 Å². The highest BCUT2D eigenvalue weighted by atomic mass is 32.2. The summed E-state index contributed by atoms with van der Waals surface area (Å²) >= 11 is 2.07. The van der Waals surface area contributed by atoms with Crippen LogP contribution in [0.25, 0.3) is 0 Å². The Bertz CT molecular complexity index is 165. The Morgan fingerprint density at radius 1 is 0.500 bits per heavy atom. The van der Waals surface area contributed by atoms with E-state index in [2.05, 4.69) is 18.7 Å². The number of rotatable bonds is 19. The van der Waals surface area contributed by atoms with Gasteiger partial charge in [-0.25, -0.2) is 0 Å². The minimum atomic E-state index is 0.361. The summed E-state index contributed by atoms with van der Waals surface area (Å²) in [5.74, 6) is 2.56. The van der Waals surface area contributed by atoms with Crippen LogP contribution in [0.2, 0.25) is 0 Å². The van der Waals surface area contributed by atoms with E-state index in [1.807, 2.05) is 0 Å². The van der Waals surface area contributed by atoms with Crippen LogP contribution in [0.5, 0.6) is 0 Å². The summed E-state index contributed by atoms with van der Waals surface area (Å²) in [6.07, 6.45) is 22.4. The van der Waals surface area contributed by atoms with Gasteiger partial charge in [-0.3, -0.25) is 0 Å². The van der Waals surface area contributed by atoms with Gasteiger partial charge < -0.3 is 5.11 Å². The molecule has 0 aromatic heterocycles. The quantitative estimate of drug-likeness (QED) is 0.258. The molecule has 0 amide bonds. The van der Waals surface area contributed by atoms with Gasteiger partial charge in [-0.2, -0.15) is 11.8 Å². The van der Waals surface area contributed by atoms with Gasteiger partial charge in [0.1, 0.15) is 0 Å². The highest BCUT2D eigenvalue weighted by Crippen LogP contribution is 2.14. The Balaban J connectivity index is 2.91. The SMILES string of the molecule is CCCCCCCCCCCCCCCCSCCCCO. The summed E-state index contributed by atoms with van der Waals surface area (Å²) in [6, 6.07) is 0. The molecule has 0 radical (unpaired) electrons. The van der Waals surface area contributed by atoms with E-state index < -0.39 is 0 Å². The molecule has 0 aromatic rings. The van der Waals surface area contributed by atoms with Crippen molar-refractivity contribution in [2.75, 3.05) is 18.1 Å². The predicted octanol–water partition coefficient (Wildman–Crippen LogP) is 6.97. The number of thioether (sulfide) groups is 1. The Labute approximate surface area is 145 Å². The van der Waals surface area contributed by atoms with Crippen molar-refractivity contribution >= 4 is 11.8 Å². The third kappa shape index (κ3) is 20.3. The van der Waals surface area contributed by atoms with Crippen molar-refractivity contribution in [1.82, 2.24) is 0 Å². The van der Waals surface area contributed by atoms with Crippen LogP contribution in [-0.2, 0) is 0 Å². The number of hydrogen-bond acceptors (Lipinski definition) is 2. The molecule has 0 saturated carbocycles. The standard InChI is InChI=1S/C20H42OS/c1-2-3-4-5-6-7-8-9-10-11-12-13-14-16-19-22-20-17-15-18-21/h21H,2-20H2,1H3. The zero-order valence-electron chi connectivity index (χ0n) is 15.3. The van der Waals surface area contributed by atoms with Crippen LogP contribution in [0, 0.1) is 0 Å². The van der Waals surface area contributed by atoms with E-state index in [4.69, 9.17) is 5.11 Å². The van der Waals surface area contributed by atoms with Gasteiger partial charge in [-0.1, -0.05) is 90.4 Å². The highest BCUT2D eigenvalue weighted by molar-refractivity contribution is 7.99. The van der Waals surface area contributed by atoms with Crippen LogP contribution < -0.4 is 0 Å². The highest BCUT2D eigenvalue weighted by Gasteiger charge is 1.94. The van der Waals surface area contributed by atoms with E-state index in [-0.39, 0.29) is 0 Å². The first kappa shape index (κ1) is 22.3. The van der Waals surface area contributed by atoms with Crippen LogP contribution in [0.15, 0.2) is 0 Å². The molecule has 2 heteroatoms. The van der Waals surface area contributed by atoms with Crippen molar-refractivity contribution in [3.8, 4) is 0 Å². The minimum Gasteiger partial charge on any atom is -0.396 e. The van der Waals surface area contributed by atoms with Gasteiger partial charge >= 0.3 is 0 Å². The van der Waals surface area contributed by atoms with Crippen LogP contribution in [0.1, 0.15) is 110 Å². The largest absolute Gasteiger partial charge is 0.396 e. The molecule has 0 aliphatic carbocycles. The summed E-state index contributed by atoms with van der Waals surface area (Å²) < 4.78 is 0. The fourth-order valence-corrected chi connectivity index (χ4v) is 3.84. The lowest BCUT2D eigenvalue weighted by molar-refractivity contribution is 0.287. The maximum absolute atomic E-state index is 8.69. The lowest BCUT2D eigenvalue weighted by Crippen LogP contribution is -1.88. The lowest BCUT2D eigenvalue weighted by atomic mass is 10.0. The monoisotopic (exact) mass is 330 g/mol. The number of aliphatic hydroxyl groups is 1. The molecule has 134 valence electrons. The molecule has 0 fully saturated rings. The molecule has 0 aliphatic rings. The third-order valence-electron chi connectivity index (χ3n) is 4.34. The lowest BCUT2D eigenvalue weighted by Gasteiger charge is -2.03. The summed E-state index contributed by atoms with van der Waals surface area (Å²) in [5, 5.41) is 8.69. The molecule has 0 saturated heterocycles. The van der Waals surface area contributed by atoms with Crippen LogP contribution in [-0.4, -0.2) is 23.2 Å². The molecule has 0 aliphatic heterocycles. The zero-order chi connectivity index (χ0) is 16.1. The van der Waals surface area contributed by atoms with Gasteiger partial charge in [-0.05, 0) is 30.8 Å². The molecular formula is C20H42OS. The maximum atomic E-state index is 8.69. The van der Waals surface area contributed by atoms with Crippen molar-refractivity contribution in [2.24, 2.45) is 0 Å². The van der Waals surface area contributed by atoms with Crippen molar-refractivity contribution in [2.45, 2.75) is 110 Å². The molecule has 0 aromatic carbocycles. The van der Waals surface area contributed by atoms with Gasteiger partial charge in [0.25, 0.3) is 0 Å². The van der Waals surface area contributed by atoms with Crippen LogP contribution >= 0.6 is 11.8 Å². The first-order valence-corrected chi connectivity index (χ1v) is 11.3. The predicted molar refractivity (Wildman–Crippen MR) is 104 cm³/mol. The maximum Gasteiger partial charge on any atom is 0.0431 e. The first-order chi connectivity index (χ1) is 10.9. The molecule has 0 bridgehead atoms. The van der Waals surface area contributed by atoms with Gasteiger partial charge in [0.15, 0.2) is 0 Å². The normalized spacial score (nSPS) is 11.2. The number of unbranched alkanes of at least 4 members (excludes halogenated alkanes) is 14. The second-order valence-electron chi connectivity index (χ2n) is 6.64. The molecule has 0 unspecified atom stereocenters. The van der Waals surface area contributed by atoms with Gasteiger partial charge in [-0.15, -0.1) is 0 Å². The fraction of sp³-hybridized carbons (Fsp3) is 1.00. The van der Waals surface area contributed by atoms with Gasteiger partial charge in [0.05, 0.1) is 0 Å². The van der Waals surface area contributed by atoms with E-state index in [0.717, 1.165) is 6.42 Å². The molecule has 22 heavy (non-hydrogen) atoms. The van der Waals surface area contributed by atoms with Crippen LogP contribution in [0.3, 0.4) is 0 Å². The van der Waals surface area contributed by atoms with Crippen molar-refractivity contribution in [3.05, 3.63) is 0 Å². The van der Waals surface area contributed by atoms with Crippen molar-refractivity contribution < 1.29 is 5.11 Å². The molecule has 1 N–H and O–H groups in total. The van der Waals surface area contributed by atoms with E-state index in [1.165, 1.54) is 108 Å². The summed E-state index contributed by atoms with van der Waals surface area (Å²) in [6.45, 7) is 2.65. The van der Waals surface area contributed by atoms with Gasteiger partial charge in [0, 0.05) is 6.61 Å². The fourth-order valence-electron chi connectivity index (χ4n) is 2.82. The summed E-state index contributed by atoms with van der Waals surface area (Å²) in [4.78, 5) is 0. The third-order valence-corrected chi connectivity index (χ3v) is 5.49. The Morgan fingerprint density at radius 3 is 1.27 bits per heavy atom. The first-order valence-electron chi connectivity index (χ1n) is 10.1. The molecule has 0 spiro atoms. The summed E-state index contributed by atoms with van der Waals surface area (Å²) in [5.41, 5.74) is 0. The average molecular weight is 331 g/mol. The Hall–Kier alpha value is 0.310. The van der Waals surface area contributed by atoms with Crippen LogP contribution in [0.4, 0.5) is 0 Å². The zero-order valence-corrected chi connectivity index (χ0v) is 16.1. The molecular weight excluding hydrogens is 288 g/mol. The second-order valence-corrected chi connectivity index (χ2v) is 7.86. The summed E-state index contributed by atoms with van der Waals surface area (Å²) in [7, 11) is 0. The second kappa shape index (κ2) is 21.3. The molecule has 1 nitrogen and oxygen atoms in total. The van der Waals surface area contributed by atoms with Crippen molar-refractivity contribution in [1.29, 1.82) is 0 Å².